The van der Waals surface area contributed by atoms with Crippen LogP contribution >= 0.6 is 0 Å². The first kappa shape index (κ1) is 12.0. The summed E-state index contributed by atoms with van der Waals surface area (Å²) in [4.78, 5) is 0. The van der Waals surface area contributed by atoms with E-state index >= 15 is 0 Å². The Morgan fingerprint density at radius 1 is 1.40 bits per heavy atom. The molecule has 0 spiro atoms. The number of anilines is 1. The van der Waals surface area contributed by atoms with Crippen LogP contribution in [0.3, 0.4) is 0 Å². The zero-order valence-corrected chi connectivity index (χ0v) is 9.39. The zero-order valence-electron chi connectivity index (χ0n) is 9.39. The molecule has 4 N–H and O–H groups in total. The van der Waals surface area contributed by atoms with Crippen LogP contribution in [0.15, 0.2) is 12.1 Å². The lowest BCUT2D eigenvalue weighted by Crippen LogP contribution is -2.09. The quantitative estimate of drug-likeness (QED) is 0.750. The average Bonchev–Trinajstić information content (AvgIpc) is 2.20. The van der Waals surface area contributed by atoms with E-state index in [1.165, 1.54) is 6.07 Å². The van der Waals surface area contributed by atoms with Gasteiger partial charge in [-0.05, 0) is 55.5 Å². The van der Waals surface area contributed by atoms with Gasteiger partial charge in [0.1, 0.15) is 5.82 Å². The number of nitrogens with two attached hydrogens (primary N) is 2. The average molecular weight is 210 g/mol. The summed E-state index contributed by atoms with van der Waals surface area (Å²) in [6.07, 6.45) is 1.92. The van der Waals surface area contributed by atoms with Crippen LogP contribution < -0.4 is 11.5 Å². The van der Waals surface area contributed by atoms with Crippen molar-refractivity contribution in [3.8, 4) is 0 Å². The minimum Gasteiger partial charge on any atom is -0.396 e. The van der Waals surface area contributed by atoms with E-state index in [0.29, 0.717) is 12.5 Å². The fourth-order valence-corrected chi connectivity index (χ4v) is 1.93. The van der Waals surface area contributed by atoms with Crippen LogP contribution in [0.5, 0.6) is 0 Å². The van der Waals surface area contributed by atoms with Crippen molar-refractivity contribution in [2.45, 2.75) is 32.6 Å². The Bertz CT molecular complexity index is 337. The molecule has 15 heavy (non-hydrogen) atoms. The molecule has 0 radical (unpaired) electrons. The lowest BCUT2D eigenvalue weighted by Gasteiger charge is -2.17. The Morgan fingerprint density at radius 3 is 2.60 bits per heavy atom. The van der Waals surface area contributed by atoms with Crippen LogP contribution in [0.4, 0.5) is 10.1 Å². The number of rotatable bonds is 4. The lowest BCUT2D eigenvalue weighted by atomic mass is 9.89. The zero-order chi connectivity index (χ0) is 11.4. The van der Waals surface area contributed by atoms with Gasteiger partial charge in [0.2, 0.25) is 0 Å². The highest BCUT2D eigenvalue weighted by Crippen LogP contribution is 2.28. The standard InChI is InChI=1S/C12H19FN2/c1-3-9(4-5-14)10-7-12(15)11(13)6-8(10)2/h6-7,9H,3-5,14-15H2,1-2H3. The minimum absolute atomic E-state index is 0.228. The van der Waals surface area contributed by atoms with Crippen LogP contribution in [-0.2, 0) is 0 Å². The second-order valence-corrected chi connectivity index (χ2v) is 3.91. The SMILES string of the molecule is CCC(CCN)c1cc(N)c(F)cc1C. The number of hydrogen-bond donors (Lipinski definition) is 2. The van der Waals surface area contributed by atoms with Gasteiger partial charge >= 0.3 is 0 Å². The maximum atomic E-state index is 13.2. The maximum Gasteiger partial charge on any atom is 0.146 e. The molecule has 0 saturated carbocycles. The molecular weight excluding hydrogens is 191 g/mol. The Hall–Kier alpha value is -1.09. The molecule has 1 rings (SSSR count). The van der Waals surface area contributed by atoms with Crippen molar-refractivity contribution in [2.24, 2.45) is 5.73 Å². The molecule has 84 valence electrons. The molecular formula is C12H19FN2. The first-order valence-electron chi connectivity index (χ1n) is 5.35. The first-order chi connectivity index (χ1) is 7.10. The molecule has 0 saturated heterocycles. The van der Waals surface area contributed by atoms with E-state index in [-0.39, 0.29) is 11.5 Å². The van der Waals surface area contributed by atoms with E-state index < -0.39 is 0 Å². The van der Waals surface area contributed by atoms with Crippen LogP contribution in [0, 0.1) is 12.7 Å². The molecule has 0 amide bonds. The molecule has 1 unspecified atom stereocenters. The van der Waals surface area contributed by atoms with E-state index in [1.54, 1.807) is 6.07 Å². The van der Waals surface area contributed by atoms with Gasteiger partial charge in [0.25, 0.3) is 0 Å². The minimum atomic E-state index is -0.334. The largest absolute Gasteiger partial charge is 0.396 e. The second-order valence-electron chi connectivity index (χ2n) is 3.91. The van der Waals surface area contributed by atoms with Crippen molar-refractivity contribution in [2.75, 3.05) is 12.3 Å². The summed E-state index contributed by atoms with van der Waals surface area (Å²) in [6, 6.07) is 3.25. The first-order valence-corrected chi connectivity index (χ1v) is 5.35. The number of hydrogen-bond acceptors (Lipinski definition) is 2. The van der Waals surface area contributed by atoms with Crippen molar-refractivity contribution in [1.82, 2.24) is 0 Å². The normalized spacial score (nSPS) is 12.8. The third-order valence-corrected chi connectivity index (χ3v) is 2.83. The summed E-state index contributed by atoms with van der Waals surface area (Å²) in [5.41, 5.74) is 13.4. The summed E-state index contributed by atoms with van der Waals surface area (Å²) >= 11 is 0. The third kappa shape index (κ3) is 2.69. The van der Waals surface area contributed by atoms with Crippen molar-refractivity contribution >= 4 is 5.69 Å². The summed E-state index contributed by atoms with van der Waals surface area (Å²) in [5.74, 6) is 0.0525. The van der Waals surface area contributed by atoms with Gasteiger partial charge in [-0.25, -0.2) is 4.39 Å². The Morgan fingerprint density at radius 2 is 2.07 bits per heavy atom. The van der Waals surface area contributed by atoms with Crippen molar-refractivity contribution in [1.29, 1.82) is 0 Å². The van der Waals surface area contributed by atoms with E-state index in [0.717, 1.165) is 24.0 Å². The van der Waals surface area contributed by atoms with Gasteiger partial charge in [-0.15, -0.1) is 0 Å². The van der Waals surface area contributed by atoms with Gasteiger partial charge in [-0.2, -0.15) is 0 Å². The number of benzene rings is 1. The highest BCUT2D eigenvalue weighted by molar-refractivity contribution is 5.47. The molecule has 0 aliphatic carbocycles. The third-order valence-electron chi connectivity index (χ3n) is 2.83. The van der Waals surface area contributed by atoms with Crippen molar-refractivity contribution in [3.05, 3.63) is 29.1 Å². The molecule has 1 aromatic rings. The molecule has 1 aromatic carbocycles. The summed E-state index contributed by atoms with van der Waals surface area (Å²) in [7, 11) is 0. The smallest absolute Gasteiger partial charge is 0.146 e. The second kappa shape index (κ2) is 5.12. The molecule has 0 aromatic heterocycles. The summed E-state index contributed by atoms with van der Waals surface area (Å²) < 4.78 is 13.2. The topological polar surface area (TPSA) is 52.0 Å². The molecule has 0 aliphatic rings. The van der Waals surface area contributed by atoms with Gasteiger partial charge in [0, 0.05) is 0 Å². The van der Waals surface area contributed by atoms with Crippen molar-refractivity contribution in [3.63, 3.8) is 0 Å². The van der Waals surface area contributed by atoms with Crippen molar-refractivity contribution < 1.29 is 4.39 Å². The Balaban J connectivity index is 3.06. The number of nitrogen functional groups attached to an aromatic ring is 1. The van der Waals surface area contributed by atoms with Gasteiger partial charge < -0.3 is 11.5 Å². The molecule has 0 heterocycles. The maximum absolute atomic E-state index is 13.2. The fraction of sp³-hybridized carbons (Fsp3) is 0.500. The highest BCUT2D eigenvalue weighted by atomic mass is 19.1. The fourth-order valence-electron chi connectivity index (χ4n) is 1.93. The molecule has 2 nitrogen and oxygen atoms in total. The van der Waals surface area contributed by atoms with Gasteiger partial charge in [-0.3, -0.25) is 0 Å². The Labute approximate surface area is 90.5 Å². The van der Waals surface area contributed by atoms with Crippen LogP contribution in [-0.4, -0.2) is 6.54 Å². The van der Waals surface area contributed by atoms with Gasteiger partial charge in [0.15, 0.2) is 0 Å². The predicted molar refractivity (Wildman–Crippen MR) is 62.3 cm³/mol. The molecule has 3 heteroatoms. The van der Waals surface area contributed by atoms with Gasteiger partial charge in [0.05, 0.1) is 5.69 Å². The van der Waals surface area contributed by atoms with E-state index in [9.17, 15) is 4.39 Å². The molecule has 1 atom stereocenters. The van der Waals surface area contributed by atoms with Crippen LogP contribution in [0.2, 0.25) is 0 Å². The number of aryl methyl sites for hydroxylation is 1. The molecule has 0 fully saturated rings. The Kier molecular flexibility index (Phi) is 4.09. The lowest BCUT2D eigenvalue weighted by molar-refractivity contribution is 0.602. The summed E-state index contributed by atoms with van der Waals surface area (Å²) in [5, 5.41) is 0. The van der Waals surface area contributed by atoms with E-state index in [2.05, 4.69) is 6.92 Å². The predicted octanol–water partition coefficient (Wildman–Crippen LogP) is 2.56. The number of halogens is 1. The highest BCUT2D eigenvalue weighted by Gasteiger charge is 2.13. The molecule has 0 aliphatic heterocycles. The molecule has 0 bridgehead atoms. The van der Waals surface area contributed by atoms with Crippen LogP contribution in [0.25, 0.3) is 0 Å². The van der Waals surface area contributed by atoms with Crippen LogP contribution in [0.1, 0.15) is 36.8 Å². The van der Waals surface area contributed by atoms with Gasteiger partial charge in [-0.1, -0.05) is 6.92 Å². The monoisotopic (exact) mass is 210 g/mol. The summed E-state index contributed by atoms with van der Waals surface area (Å²) in [6.45, 7) is 4.67. The van der Waals surface area contributed by atoms with E-state index in [4.69, 9.17) is 11.5 Å². The van der Waals surface area contributed by atoms with E-state index in [1.807, 2.05) is 6.92 Å².